The zero-order valence-electron chi connectivity index (χ0n) is 9.38. The largest absolute Gasteiger partial charge is 0.461 e. The smallest absolute Gasteiger partial charge is 0.305 e. The van der Waals surface area contributed by atoms with Crippen molar-refractivity contribution >= 4 is 5.97 Å². The summed E-state index contributed by atoms with van der Waals surface area (Å²) in [5.74, 6) is -0.140. The summed E-state index contributed by atoms with van der Waals surface area (Å²) in [5, 5.41) is 0. The number of ether oxygens (including phenoxy) is 1. The van der Waals surface area contributed by atoms with Gasteiger partial charge in [0.05, 0.1) is 0 Å². The number of rotatable bonds is 6. The van der Waals surface area contributed by atoms with E-state index in [1.165, 1.54) is 5.57 Å². The van der Waals surface area contributed by atoms with E-state index in [1.807, 2.05) is 12.2 Å². The number of allylic oxidation sites excluding steroid dienone is 3. The molecule has 0 aliphatic heterocycles. The van der Waals surface area contributed by atoms with Crippen LogP contribution >= 0.6 is 0 Å². The van der Waals surface area contributed by atoms with Gasteiger partial charge in [-0.3, -0.25) is 4.79 Å². The Morgan fingerprint density at radius 1 is 1.21 bits per heavy atom. The highest BCUT2D eigenvalue weighted by Crippen LogP contribution is 1.97. The lowest BCUT2D eigenvalue weighted by Gasteiger charge is -1.96. The van der Waals surface area contributed by atoms with E-state index >= 15 is 0 Å². The van der Waals surface area contributed by atoms with E-state index in [-0.39, 0.29) is 5.97 Å². The van der Waals surface area contributed by atoms with E-state index in [9.17, 15) is 4.79 Å². The molecule has 0 saturated carbocycles. The molecule has 0 atom stereocenters. The number of unbranched alkanes of at least 4 members (excludes halogenated alkanes) is 1. The van der Waals surface area contributed by atoms with Gasteiger partial charge in [-0.1, -0.05) is 30.7 Å². The van der Waals surface area contributed by atoms with E-state index in [0.717, 1.165) is 12.8 Å². The molecular weight excluding hydrogens is 176 g/mol. The van der Waals surface area contributed by atoms with Gasteiger partial charge in [-0.15, -0.1) is 0 Å². The first kappa shape index (κ1) is 12.9. The van der Waals surface area contributed by atoms with Crippen molar-refractivity contribution in [3.05, 3.63) is 23.8 Å². The second kappa shape index (κ2) is 8.54. The number of carbonyl (C=O) groups is 1. The Morgan fingerprint density at radius 3 is 2.50 bits per heavy atom. The molecule has 0 aliphatic rings. The van der Waals surface area contributed by atoms with Crippen molar-refractivity contribution in [1.29, 1.82) is 0 Å². The van der Waals surface area contributed by atoms with Gasteiger partial charge in [-0.25, -0.2) is 0 Å². The highest BCUT2D eigenvalue weighted by Gasteiger charge is 1.93. The van der Waals surface area contributed by atoms with Gasteiger partial charge in [-0.05, 0) is 26.7 Å². The van der Waals surface area contributed by atoms with E-state index in [0.29, 0.717) is 13.0 Å². The van der Waals surface area contributed by atoms with Crippen LogP contribution in [0.4, 0.5) is 0 Å². The first-order valence-corrected chi connectivity index (χ1v) is 5.10. The maximum atomic E-state index is 10.7. The minimum Gasteiger partial charge on any atom is -0.461 e. The summed E-state index contributed by atoms with van der Waals surface area (Å²) in [7, 11) is 0. The SMILES string of the molecule is CCC(=O)OC/C=C/CCC=C(C)C. The van der Waals surface area contributed by atoms with E-state index < -0.39 is 0 Å². The minimum absolute atomic E-state index is 0.140. The molecular formula is C12H20O2. The van der Waals surface area contributed by atoms with E-state index in [2.05, 4.69) is 19.9 Å². The van der Waals surface area contributed by atoms with Crippen molar-refractivity contribution < 1.29 is 9.53 Å². The Hall–Kier alpha value is -1.05. The Balaban J connectivity index is 3.37. The predicted octanol–water partition coefficient (Wildman–Crippen LogP) is 3.24. The maximum absolute atomic E-state index is 10.7. The van der Waals surface area contributed by atoms with Crippen LogP contribution in [0.25, 0.3) is 0 Å². The lowest BCUT2D eigenvalue weighted by atomic mass is 10.2. The molecule has 0 aromatic heterocycles. The van der Waals surface area contributed by atoms with E-state index in [4.69, 9.17) is 4.74 Å². The fourth-order valence-electron chi connectivity index (χ4n) is 0.897. The van der Waals surface area contributed by atoms with Crippen LogP contribution in [-0.4, -0.2) is 12.6 Å². The van der Waals surface area contributed by atoms with Gasteiger partial charge in [0.1, 0.15) is 6.61 Å². The normalized spacial score (nSPS) is 10.2. The van der Waals surface area contributed by atoms with Crippen molar-refractivity contribution in [3.63, 3.8) is 0 Å². The zero-order valence-corrected chi connectivity index (χ0v) is 9.38. The summed E-state index contributed by atoms with van der Waals surface area (Å²) < 4.78 is 4.88. The Bertz CT molecular complexity index is 210. The molecule has 0 aromatic carbocycles. The molecule has 0 radical (unpaired) electrons. The second-order valence-corrected chi connectivity index (χ2v) is 3.37. The van der Waals surface area contributed by atoms with Crippen LogP contribution in [0.1, 0.15) is 40.0 Å². The monoisotopic (exact) mass is 196 g/mol. The number of carbonyl (C=O) groups excluding carboxylic acids is 1. The molecule has 0 spiro atoms. The molecule has 0 aromatic rings. The first-order valence-electron chi connectivity index (χ1n) is 5.10. The van der Waals surface area contributed by atoms with Gasteiger partial charge in [0, 0.05) is 6.42 Å². The fraction of sp³-hybridized carbons (Fsp3) is 0.583. The highest BCUT2D eigenvalue weighted by molar-refractivity contribution is 5.68. The molecule has 14 heavy (non-hydrogen) atoms. The summed E-state index contributed by atoms with van der Waals surface area (Å²) in [4.78, 5) is 10.7. The third kappa shape index (κ3) is 9.04. The van der Waals surface area contributed by atoms with Gasteiger partial charge < -0.3 is 4.74 Å². The van der Waals surface area contributed by atoms with Gasteiger partial charge in [0.2, 0.25) is 0 Å². The Labute approximate surface area is 86.6 Å². The van der Waals surface area contributed by atoms with Crippen LogP contribution in [0.15, 0.2) is 23.8 Å². The molecule has 0 unspecified atom stereocenters. The van der Waals surface area contributed by atoms with Gasteiger partial charge in [0.15, 0.2) is 0 Å². The number of esters is 1. The van der Waals surface area contributed by atoms with Crippen LogP contribution in [0, 0.1) is 0 Å². The first-order chi connectivity index (χ1) is 6.66. The standard InChI is InChI=1S/C12H20O2/c1-4-12(13)14-10-8-6-5-7-9-11(2)3/h6,8-9H,4-5,7,10H2,1-3H3/b8-6+. The van der Waals surface area contributed by atoms with Gasteiger partial charge in [0.25, 0.3) is 0 Å². The molecule has 0 heterocycles. The van der Waals surface area contributed by atoms with Crippen molar-refractivity contribution in [2.24, 2.45) is 0 Å². The van der Waals surface area contributed by atoms with Crippen LogP contribution in [0.3, 0.4) is 0 Å². The van der Waals surface area contributed by atoms with Gasteiger partial charge >= 0.3 is 5.97 Å². The van der Waals surface area contributed by atoms with Crippen molar-refractivity contribution in [2.75, 3.05) is 6.61 Å². The topological polar surface area (TPSA) is 26.3 Å². The molecule has 0 aliphatic carbocycles. The lowest BCUT2D eigenvalue weighted by Crippen LogP contribution is -2.01. The summed E-state index contributed by atoms with van der Waals surface area (Å²) in [5.41, 5.74) is 1.34. The van der Waals surface area contributed by atoms with Crippen molar-refractivity contribution in [2.45, 2.75) is 40.0 Å². The molecule has 0 amide bonds. The van der Waals surface area contributed by atoms with Crippen LogP contribution in [0.5, 0.6) is 0 Å². The molecule has 0 fully saturated rings. The van der Waals surface area contributed by atoms with Crippen molar-refractivity contribution in [1.82, 2.24) is 0 Å². The highest BCUT2D eigenvalue weighted by atomic mass is 16.5. The summed E-state index contributed by atoms with van der Waals surface area (Å²) >= 11 is 0. The molecule has 2 heteroatoms. The number of hydrogen-bond acceptors (Lipinski definition) is 2. The average Bonchev–Trinajstić information content (AvgIpc) is 2.15. The van der Waals surface area contributed by atoms with E-state index in [1.54, 1.807) is 6.92 Å². The minimum atomic E-state index is -0.140. The number of hydrogen-bond donors (Lipinski definition) is 0. The third-order valence-electron chi connectivity index (χ3n) is 1.68. The zero-order chi connectivity index (χ0) is 10.8. The van der Waals surface area contributed by atoms with Crippen LogP contribution in [0.2, 0.25) is 0 Å². The van der Waals surface area contributed by atoms with Crippen LogP contribution in [-0.2, 0) is 9.53 Å². The van der Waals surface area contributed by atoms with Gasteiger partial charge in [-0.2, -0.15) is 0 Å². The predicted molar refractivity (Wildman–Crippen MR) is 59.1 cm³/mol. The molecule has 2 nitrogen and oxygen atoms in total. The Morgan fingerprint density at radius 2 is 1.93 bits per heavy atom. The molecule has 0 bridgehead atoms. The molecule has 0 rings (SSSR count). The van der Waals surface area contributed by atoms with Crippen LogP contribution < -0.4 is 0 Å². The second-order valence-electron chi connectivity index (χ2n) is 3.37. The maximum Gasteiger partial charge on any atom is 0.305 e. The van der Waals surface area contributed by atoms with Crippen molar-refractivity contribution in [3.8, 4) is 0 Å². The lowest BCUT2D eigenvalue weighted by molar-refractivity contribution is -0.141. The molecule has 0 N–H and O–H groups in total. The molecule has 0 saturated heterocycles. The summed E-state index contributed by atoms with van der Waals surface area (Å²) in [6.45, 7) is 6.38. The summed E-state index contributed by atoms with van der Waals surface area (Å²) in [6, 6.07) is 0. The average molecular weight is 196 g/mol. The fourth-order valence-corrected chi connectivity index (χ4v) is 0.897. The summed E-state index contributed by atoms with van der Waals surface area (Å²) in [6.07, 6.45) is 8.65. The molecule has 80 valence electrons. The quantitative estimate of drug-likeness (QED) is 0.370. The third-order valence-corrected chi connectivity index (χ3v) is 1.68. The Kier molecular flexibility index (Phi) is 7.90.